The van der Waals surface area contributed by atoms with Gasteiger partial charge in [-0.2, -0.15) is 0 Å². The molecule has 0 amide bonds. The molecule has 3 heteroatoms. The van der Waals surface area contributed by atoms with Crippen molar-refractivity contribution in [2.24, 2.45) is 0 Å². The molecule has 0 spiro atoms. The summed E-state index contributed by atoms with van der Waals surface area (Å²) in [6, 6.07) is 21.9. The monoisotopic (exact) mass is 364 g/mol. The third-order valence-corrected chi connectivity index (χ3v) is 5.01. The van der Waals surface area contributed by atoms with Crippen molar-refractivity contribution in [2.45, 2.75) is 25.8 Å². The van der Waals surface area contributed by atoms with Crippen LogP contribution in [0.3, 0.4) is 0 Å². The zero-order valence-corrected chi connectivity index (χ0v) is 16.5. The van der Waals surface area contributed by atoms with Crippen LogP contribution in [0.2, 0.25) is 0 Å². The molecule has 1 aliphatic rings. The van der Waals surface area contributed by atoms with Crippen LogP contribution in [0.5, 0.6) is 0 Å². The van der Waals surface area contributed by atoms with E-state index < -0.39 is 0 Å². The van der Waals surface area contributed by atoms with E-state index in [1.807, 2.05) is 0 Å². The highest BCUT2D eigenvalue weighted by molar-refractivity contribution is 5.75. The van der Waals surface area contributed by atoms with Crippen LogP contribution in [0, 0.1) is 0 Å². The van der Waals surface area contributed by atoms with Crippen molar-refractivity contribution >= 4 is 5.78 Å². The number of ketones is 1. The minimum atomic E-state index is 0.298. The van der Waals surface area contributed by atoms with Gasteiger partial charge in [-0.1, -0.05) is 60.7 Å². The third-order valence-electron chi connectivity index (χ3n) is 5.01. The van der Waals surface area contributed by atoms with E-state index in [2.05, 4.69) is 83.6 Å². The van der Waals surface area contributed by atoms with E-state index in [4.69, 9.17) is 0 Å². The quantitative estimate of drug-likeness (QED) is 0.673. The Kier molecular flexibility index (Phi) is 8.96. The average Bonchev–Trinajstić information content (AvgIpc) is 2.72. The van der Waals surface area contributed by atoms with Gasteiger partial charge in [-0.05, 0) is 31.0 Å². The van der Waals surface area contributed by atoms with Gasteiger partial charge in [0, 0.05) is 32.6 Å². The van der Waals surface area contributed by atoms with Crippen LogP contribution in [0.4, 0.5) is 0 Å². The van der Waals surface area contributed by atoms with Gasteiger partial charge in [0.25, 0.3) is 0 Å². The lowest BCUT2D eigenvalue weighted by Crippen LogP contribution is -2.48. The summed E-state index contributed by atoms with van der Waals surface area (Å²) in [6.45, 7) is 13.0. The lowest BCUT2D eigenvalue weighted by molar-refractivity contribution is -0.117. The van der Waals surface area contributed by atoms with E-state index in [9.17, 15) is 4.79 Å². The van der Waals surface area contributed by atoms with Gasteiger partial charge >= 0.3 is 0 Å². The largest absolute Gasteiger partial charge is 0.301 e. The smallest absolute Gasteiger partial charge is 0.129 e. The molecule has 2 aromatic rings. The van der Waals surface area contributed by atoms with Gasteiger partial charge in [0.1, 0.15) is 5.78 Å². The second-order valence-corrected chi connectivity index (χ2v) is 6.91. The molecular weight excluding hydrogens is 332 g/mol. The highest BCUT2D eigenvalue weighted by Crippen LogP contribution is 2.29. The number of hydrogen-bond acceptors (Lipinski definition) is 3. The van der Waals surface area contributed by atoms with Gasteiger partial charge in [-0.25, -0.2) is 0 Å². The molecule has 1 aliphatic heterocycles. The first-order valence-electron chi connectivity index (χ1n) is 9.80. The Hall–Kier alpha value is -2.23. The third kappa shape index (κ3) is 6.46. The Morgan fingerprint density at radius 2 is 1.37 bits per heavy atom. The van der Waals surface area contributed by atoms with E-state index >= 15 is 0 Å². The maximum atomic E-state index is 11.1. The van der Waals surface area contributed by atoms with E-state index in [0.717, 1.165) is 39.1 Å². The number of carbonyl (C=O) groups excluding carboxylic acids is 1. The topological polar surface area (TPSA) is 23.6 Å². The maximum Gasteiger partial charge on any atom is 0.129 e. The van der Waals surface area contributed by atoms with Gasteiger partial charge in [-0.15, -0.1) is 13.2 Å². The van der Waals surface area contributed by atoms with Crippen molar-refractivity contribution in [1.29, 1.82) is 0 Å². The summed E-state index contributed by atoms with van der Waals surface area (Å²) in [7, 11) is 0. The number of hydrogen-bond donors (Lipinski definition) is 0. The fourth-order valence-corrected chi connectivity index (χ4v) is 3.68. The van der Waals surface area contributed by atoms with Crippen LogP contribution in [0.15, 0.2) is 73.8 Å². The Balaban J connectivity index is 0.00000126. The predicted octanol–water partition coefficient (Wildman–Crippen LogP) is 4.57. The van der Waals surface area contributed by atoms with Crippen molar-refractivity contribution in [3.8, 4) is 0 Å². The first-order valence-corrected chi connectivity index (χ1v) is 9.80. The summed E-state index contributed by atoms with van der Waals surface area (Å²) in [5, 5.41) is 0. The number of carbonyl (C=O) groups is 1. The van der Waals surface area contributed by atoms with Crippen LogP contribution >= 0.6 is 0 Å². The van der Waals surface area contributed by atoms with Gasteiger partial charge in [0.05, 0.1) is 6.04 Å². The summed E-state index contributed by atoms with van der Waals surface area (Å²) in [5.74, 6) is 0.298. The molecular formula is C24H32N2O. The van der Waals surface area contributed by atoms with Crippen LogP contribution in [0.1, 0.15) is 36.9 Å². The average molecular weight is 365 g/mol. The molecule has 0 radical (unpaired) electrons. The van der Waals surface area contributed by atoms with Crippen molar-refractivity contribution in [2.75, 3.05) is 32.7 Å². The minimum Gasteiger partial charge on any atom is -0.301 e. The van der Waals surface area contributed by atoms with E-state index in [1.165, 1.54) is 11.1 Å². The zero-order valence-electron chi connectivity index (χ0n) is 16.5. The molecule has 0 bridgehead atoms. The molecule has 0 N–H and O–H groups in total. The number of Topliss-reactive ketones (excluding diaryl/α,β-unsaturated/α-hetero) is 1. The van der Waals surface area contributed by atoms with Crippen LogP contribution < -0.4 is 0 Å². The summed E-state index contributed by atoms with van der Waals surface area (Å²) in [4.78, 5) is 16.2. The number of nitrogens with zero attached hydrogens (tertiary/aromatic N) is 2. The SMILES string of the molecule is C=C.CC(=O)CCCN1CCN(C(c2ccccc2)c2ccccc2)CC1. The lowest BCUT2D eigenvalue weighted by Gasteiger charge is -2.39. The molecule has 3 rings (SSSR count). The first-order chi connectivity index (χ1) is 13.2. The Labute approximate surface area is 164 Å². The molecule has 0 unspecified atom stereocenters. The predicted molar refractivity (Wildman–Crippen MR) is 114 cm³/mol. The summed E-state index contributed by atoms with van der Waals surface area (Å²) < 4.78 is 0. The summed E-state index contributed by atoms with van der Waals surface area (Å²) >= 11 is 0. The Morgan fingerprint density at radius 3 is 1.81 bits per heavy atom. The second kappa shape index (κ2) is 11.5. The number of rotatable bonds is 7. The first kappa shape index (κ1) is 21.1. The van der Waals surface area contributed by atoms with Crippen LogP contribution in [-0.2, 0) is 4.79 Å². The normalized spacial score (nSPS) is 15.2. The van der Waals surface area contributed by atoms with Crippen LogP contribution in [-0.4, -0.2) is 48.3 Å². The highest BCUT2D eigenvalue weighted by atomic mass is 16.1. The van der Waals surface area contributed by atoms with Crippen molar-refractivity contribution in [3.63, 3.8) is 0 Å². The molecule has 2 aromatic carbocycles. The van der Waals surface area contributed by atoms with Crippen molar-refractivity contribution in [3.05, 3.63) is 84.9 Å². The minimum absolute atomic E-state index is 0.298. The van der Waals surface area contributed by atoms with Crippen LogP contribution in [0.25, 0.3) is 0 Å². The van der Waals surface area contributed by atoms with Crippen molar-refractivity contribution < 1.29 is 4.79 Å². The molecule has 3 nitrogen and oxygen atoms in total. The Morgan fingerprint density at radius 1 is 0.889 bits per heavy atom. The molecule has 1 fully saturated rings. The second-order valence-electron chi connectivity index (χ2n) is 6.91. The van der Waals surface area contributed by atoms with Crippen molar-refractivity contribution in [1.82, 2.24) is 9.80 Å². The molecule has 0 aliphatic carbocycles. The number of piperazine rings is 1. The fourth-order valence-electron chi connectivity index (χ4n) is 3.68. The van der Waals surface area contributed by atoms with Gasteiger partial charge in [-0.3, -0.25) is 4.90 Å². The summed E-state index contributed by atoms with van der Waals surface area (Å²) in [6.07, 6.45) is 1.69. The fraction of sp³-hybridized carbons (Fsp3) is 0.375. The van der Waals surface area contributed by atoms with E-state index in [0.29, 0.717) is 18.2 Å². The molecule has 27 heavy (non-hydrogen) atoms. The number of benzene rings is 2. The molecule has 0 atom stereocenters. The maximum absolute atomic E-state index is 11.1. The highest BCUT2D eigenvalue weighted by Gasteiger charge is 2.26. The molecule has 1 saturated heterocycles. The van der Waals surface area contributed by atoms with Gasteiger partial charge in [0.15, 0.2) is 0 Å². The van der Waals surface area contributed by atoms with E-state index in [-0.39, 0.29) is 0 Å². The van der Waals surface area contributed by atoms with E-state index in [1.54, 1.807) is 6.92 Å². The molecule has 0 aromatic heterocycles. The summed E-state index contributed by atoms with van der Waals surface area (Å²) in [5.41, 5.74) is 2.72. The zero-order chi connectivity index (χ0) is 19.5. The standard InChI is InChI=1S/C22H28N2O.C2H4/c1-19(25)9-8-14-23-15-17-24(18-16-23)22(20-10-4-2-5-11-20)21-12-6-3-7-13-21;1-2/h2-7,10-13,22H,8-9,14-18H2,1H3;1-2H2. The lowest BCUT2D eigenvalue weighted by atomic mass is 9.96. The molecule has 1 heterocycles. The Bertz CT molecular complexity index is 624. The molecule has 0 saturated carbocycles. The van der Waals surface area contributed by atoms with Gasteiger partial charge in [0.2, 0.25) is 0 Å². The van der Waals surface area contributed by atoms with Gasteiger partial charge < -0.3 is 9.69 Å². The molecule has 144 valence electrons.